The topological polar surface area (TPSA) is 115 Å². The number of fused-ring (bicyclic) bond motifs is 2. The number of halogens is 3. The molecular formula is C27H27F3N6O3. The Kier molecular flexibility index (Phi) is 6.57. The first kappa shape index (κ1) is 26.3. The highest BCUT2D eigenvalue weighted by atomic mass is 19.4. The van der Waals surface area contributed by atoms with Gasteiger partial charge in [-0.2, -0.15) is 13.2 Å². The van der Waals surface area contributed by atoms with Crippen LogP contribution >= 0.6 is 0 Å². The molecule has 2 aromatic heterocycles. The summed E-state index contributed by atoms with van der Waals surface area (Å²) in [5.74, 6) is -3.56. The molecule has 1 fully saturated rings. The van der Waals surface area contributed by atoms with Gasteiger partial charge >= 0.3 is 12.1 Å². The standard InChI is InChI=1S/C27H27F3N6O3/c1-3-36-20-7-5-4-6-15(20)12-22(36)24-33-19-11-16(8-9-21(19)34(24)2)25(38)35-13-17(23(31)37)10-18(14-35)32-26(39)27(28,29)30/h4-9,11-12,17-18H,3,10,13-14H2,1-2H3,(H2,31,37)(H,32,39)/t17-,18+/m1/s1. The third-order valence-corrected chi connectivity index (χ3v) is 7.22. The number of alkyl halides is 3. The SMILES string of the molecule is CCn1c(-c2nc3cc(C(=O)N4C[C@@H](NC(=O)C(F)(F)F)C[C@@H](C(N)=O)C4)ccc3n2C)cc2ccccc21. The maximum absolute atomic E-state index is 13.4. The van der Waals surface area contributed by atoms with E-state index in [2.05, 4.69) is 17.6 Å². The molecule has 2 aromatic carbocycles. The van der Waals surface area contributed by atoms with E-state index in [9.17, 15) is 27.6 Å². The predicted octanol–water partition coefficient (Wildman–Crippen LogP) is 3.21. The van der Waals surface area contributed by atoms with Crippen LogP contribution in [0.4, 0.5) is 13.2 Å². The van der Waals surface area contributed by atoms with Gasteiger partial charge in [0.2, 0.25) is 5.91 Å². The van der Waals surface area contributed by atoms with Crippen LogP contribution in [0.1, 0.15) is 23.7 Å². The maximum Gasteiger partial charge on any atom is 0.471 e. The summed E-state index contributed by atoms with van der Waals surface area (Å²) in [6.45, 7) is 2.54. The number of carbonyl (C=O) groups is 3. The lowest BCUT2D eigenvalue weighted by atomic mass is 9.93. The van der Waals surface area contributed by atoms with E-state index >= 15 is 0 Å². The van der Waals surface area contributed by atoms with E-state index < -0.39 is 35.9 Å². The molecule has 204 valence electrons. The molecule has 0 bridgehead atoms. The molecule has 4 aromatic rings. The zero-order chi connectivity index (χ0) is 28.1. The Labute approximate surface area is 221 Å². The van der Waals surface area contributed by atoms with Gasteiger partial charge in [0.15, 0.2) is 5.82 Å². The molecule has 0 spiro atoms. The van der Waals surface area contributed by atoms with Crippen molar-refractivity contribution in [1.82, 2.24) is 24.3 Å². The molecule has 5 rings (SSSR count). The number of para-hydroxylation sites is 1. The Morgan fingerprint density at radius 3 is 2.51 bits per heavy atom. The number of aromatic nitrogens is 3. The van der Waals surface area contributed by atoms with Crippen LogP contribution in [0.5, 0.6) is 0 Å². The number of imidazole rings is 1. The number of aryl methyl sites for hydroxylation is 2. The molecule has 9 nitrogen and oxygen atoms in total. The number of nitrogens with one attached hydrogen (secondary N) is 1. The molecule has 3 heterocycles. The van der Waals surface area contributed by atoms with Gasteiger partial charge in [-0.3, -0.25) is 14.4 Å². The lowest BCUT2D eigenvalue weighted by molar-refractivity contribution is -0.174. The number of amides is 3. The van der Waals surface area contributed by atoms with Crippen LogP contribution in [-0.2, 0) is 23.2 Å². The third kappa shape index (κ3) is 4.82. The Bertz CT molecular complexity index is 1610. The van der Waals surface area contributed by atoms with E-state index in [4.69, 9.17) is 10.7 Å². The number of nitrogens with zero attached hydrogens (tertiary/aromatic N) is 4. The second-order valence-corrected chi connectivity index (χ2v) is 9.74. The second kappa shape index (κ2) is 9.75. The highest BCUT2D eigenvalue weighted by molar-refractivity contribution is 5.98. The minimum atomic E-state index is -5.08. The fourth-order valence-corrected chi connectivity index (χ4v) is 5.32. The van der Waals surface area contributed by atoms with Crippen molar-refractivity contribution in [1.29, 1.82) is 0 Å². The van der Waals surface area contributed by atoms with Crippen molar-refractivity contribution in [3.8, 4) is 11.5 Å². The minimum Gasteiger partial charge on any atom is -0.369 e. The van der Waals surface area contributed by atoms with Crippen LogP contribution in [0.25, 0.3) is 33.5 Å². The number of carbonyl (C=O) groups excluding carboxylic acids is 3. The highest BCUT2D eigenvalue weighted by Gasteiger charge is 2.42. The molecule has 0 aliphatic carbocycles. The molecular weight excluding hydrogens is 513 g/mol. The number of likely N-dealkylation sites (tertiary alicyclic amines) is 1. The summed E-state index contributed by atoms with van der Waals surface area (Å²) in [6, 6.07) is 14.0. The van der Waals surface area contributed by atoms with Crippen LogP contribution in [0.15, 0.2) is 48.5 Å². The number of primary amides is 1. The van der Waals surface area contributed by atoms with Crippen molar-refractivity contribution in [2.45, 2.75) is 32.1 Å². The Balaban J connectivity index is 1.46. The Morgan fingerprint density at radius 1 is 1.08 bits per heavy atom. The van der Waals surface area contributed by atoms with Crippen LogP contribution in [0, 0.1) is 5.92 Å². The molecule has 1 aliphatic rings. The summed E-state index contributed by atoms with van der Waals surface area (Å²) >= 11 is 0. The molecule has 3 amide bonds. The van der Waals surface area contributed by atoms with E-state index in [1.807, 2.05) is 41.2 Å². The van der Waals surface area contributed by atoms with Crippen molar-refractivity contribution in [2.75, 3.05) is 13.1 Å². The fourth-order valence-electron chi connectivity index (χ4n) is 5.32. The lowest BCUT2D eigenvalue weighted by Gasteiger charge is -2.37. The monoisotopic (exact) mass is 540 g/mol. The van der Waals surface area contributed by atoms with Crippen molar-refractivity contribution in [3.05, 3.63) is 54.1 Å². The van der Waals surface area contributed by atoms with Gasteiger partial charge in [-0.25, -0.2) is 4.98 Å². The first-order chi connectivity index (χ1) is 18.5. The quantitative estimate of drug-likeness (QED) is 0.405. The molecule has 1 saturated heterocycles. The van der Waals surface area contributed by atoms with Crippen molar-refractivity contribution in [2.24, 2.45) is 18.7 Å². The summed E-state index contributed by atoms with van der Waals surface area (Å²) in [5.41, 5.74) is 9.04. The molecule has 12 heteroatoms. The summed E-state index contributed by atoms with van der Waals surface area (Å²) in [5, 5.41) is 2.96. The maximum atomic E-state index is 13.4. The first-order valence-corrected chi connectivity index (χ1v) is 12.5. The molecule has 0 unspecified atom stereocenters. The van der Waals surface area contributed by atoms with E-state index in [1.165, 1.54) is 4.90 Å². The predicted molar refractivity (Wildman–Crippen MR) is 139 cm³/mol. The van der Waals surface area contributed by atoms with E-state index in [0.717, 1.165) is 28.7 Å². The van der Waals surface area contributed by atoms with Crippen molar-refractivity contribution in [3.63, 3.8) is 0 Å². The van der Waals surface area contributed by atoms with Gasteiger partial charge in [0.1, 0.15) is 0 Å². The van der Waals surface area contributed by atoms with Gasteiger partial charge in [-0.15, -0.1) is 0 Å². The van der Waals surface area contributed by atoms with Gasteiger partial charge in [-0.05, 0) is 43.7 Å². The summed E-state index contributed by atoms with van der Waals surface area (Å²) in [7, 11) is 1.89. The molecule has 2 atom stereocenters. The van der Waals surface area contributed by atoms with Crippen LogP contribution in [0.2, 0.25) is 0 Å². The first-order valence-electron chi connectivity index (χ1n) is 12.5. The van der Waals surface area contributed by atoms with Crippen molar-refractivity contribution >= 4 is 39.7 Å². The summed E-state index contributed by atoms with van der Waals surface area (Å²) in [6.07, 6.45) is -5.17. The van der Waals surface area contributed by atoms with Crippen LogP contribution in [0.3, 0.4) is 0 Å². The number of hydrogen-bond acceptors (Lipinski definition) is 4. The number of rotatable bonds is 5. The number of nitrogens with two attached hydrogens (primary N) is 1. The Morgan fingerprint density at radius 2 is 1.82 bits per heavy atom. The van der Waals surface area contributed by atoms with Gasteiger partial charge < -0.3 is 25.1 Å². The number of hydrogen-bond donors (Lipinski definition) is 2. The normalized spacial score (nSPS) is 18.0. The fraction of sp³-hybridized carbons (Fsp3) is 0.333. The molecule has 3 N–H and O–H groups in total. The highest BCUT2D eigenvalue weighted by Crippen LogP contribution is 2.30. The third-order valence-electron chi connectivity index (χ3n) is 7.22. The largest absolute Gasteiger partial charge is 0.471 e. The van der Waals surface area contributed by atoms with E-state index in [0.29, 0.717) is 11.3 Å². The summed E-state index contributed by atoms with van der Waals surface area (Å²) in [4.78, 5) is 42.9. The molecule has 39 heavy (non-hydrogen) atoms. The lowest BCUT2D eigenvalue weighted by Crippen LogP contribution is -2.56. The number of benzene rings is 2. The van der Waals surface area contributed by atoms with Gasteiger partial charge in [-0.1, -0.05) is 18.2 Å². The average molecular weight is 541 g/mol. The molecule has 1 aliphatic heterocycles. The van der Waals surface area contributed by atoms with Crippen molar-refractivity contribution < 1.29 is 27.6 Å². The van der Waals surface area contributed by atoms with E-state index in [1.54, 1.807) is 18.2 Å². The summed E-state index contributed by atoms with van der Waals surface area (Å²) < 4.78 is 42.5. The van der Waals surface area contributed by atoms with Gasteiger partial charge in [0.05, 0.1) is 22.6 Å². The minimum absolute atomic E-state index is 0.0608. The Hall–Kier alpha value is -4.35. The number of piperidine rings is 1. The van der Waals surface area contributed by atoms with Crippen LogP contribution in [-0.4, -0.2) is 62.0 Å². The molecule has 0 saturated carbocycles. The van der Waals surface area contributed by atoms with Crippen LogP contribution < -0.4 is 11.1 Å². The molecule has 0 radical (unpaired) electrons. The zero-order valence-corrected chi connectivity index (χ0v) is 21.3. The van der Waals surface area contributed by atoms with Gasteiger partial charge in [0.25, 0.3) is 5.91 Å². The average Bonchev–Trinajstić information content (AvgIpc) is 3.44. The zero-order valence-electron chi connectivity index (χ0n) is 21.3. The second-order valence-electron chi connectivity index (χ2n) is 9.74. The van der Waals surface area contributed by atoms with E-state index in [-0.39, 0.29) is 25.1 Å². The smallest absolute Gasteiger partial charge is 0.369 e. The van der Waals surface area contributed by atoms with Gasteiger partial charge in [0, 0.05) is 49.2 Å².